The highest BCUT2D eigenvalue weighted by atomic mass is 15.0. The van der Waals surface area contributed by atoms with Gasteiger partial charge in [-0.1, -0.05) is 6.92 Å². The molecule has 3 N–H and O–H groups in total. The minimum absolute atomic E-state index is 0.364. The number of aromatic nitrogens is 1. The lowest BCUT2D eigenvalue weighted by atomic mass is 10.1. The first kappa shape index (κ1) is 11.4. The number of nitrogens with one attached hydrogen (secondary N) is 3. The Kier molecular flexibility index (Phi) is 4.47. The largest absolute Gasteiger partial charge is 0.370 e. The molecule has 1 heterocycles. The fourth-order valence-corrected chi connectivity index (χ4v) is 1.15. The summed E-state index contributed by atoms with van der Waals surface area (Å²) in [5.41, 5.74) is 1.21. The van der Waals surface area contributed by atoms with Crippen molar-refractivity contribution >= 4 is 17.7 Å². The van der Waals surface area contributed by atoms with Gasteiger partial charge in [-0.3, -0.25) is 0 Å². The maximum absolute atomic E-state index is 7.63. The van der Waals surface area contributed by atoms with Crippen LogP contribution >= 0.6 is 0 Å². The zero-order valence-corrected chi connectivity index (χ0v) is 8.88. The predicted octanol–water partition coefficient (Wildman–Crippen LogP) is 2.31. The van der Waals surface area contributed by atoms with Gasteiger partial charge in [0.05, 0.1) is 0 Å². The van der Waals surface area contributed by atoms with E-state index in [0.29, 0.717) is 12.1 Å². The van der Waals surface area contributed by atoms with Crippen molar-refractivity contribution in [2.24, 2.45) is 0 Å². The van der Waals surface area contributed by atoms with Gasteiger partial charge >= 0.3 is 0 Å². The lowest BCUT2D eigenvalue weighted by molar-refractivity contribution is 0.969. The second kappa shape index (κ2) is 5.90. The zero-order chi connectivity index (χ0) is 11.1. The van der Waals surface area contributed by atoms with Crippen LogP contribution < -0.4 is 5.32 Å². The number of anilines is 1. The summed E-state index contributed by atoms with van der Waals surface area (Å²) in [6.45, 7) is 3.01. The molecule has 1 rings (SSSR count). The molecule has 1 aromatic heterocycles. The minimum atomic E-state index is 0.364. The molecule has 4 heteroatoms. The number of hydrogen-bond donors (Lipinski definition) is 3. The average Bonchev–Trinajstić information content (AvgIpc) is 2.27. The van der Waals surface area contributed by atoms with Gasteiger partial charge in [-0.25, -0.2) is 4.98 Å². The SMILES string of the molecule is CCCNc1ccc(C(=N)CC=N)cn1. The van der Waals surface area contributed by atoms with Gasteiger partial charge in [0, 0.05) is 36.7 Å². The van der Waals surface area contributed by atoms with Crippen LogP contribution in [0.2, 0.25) is 0 Å². The topological polar surface area (TPSA) is 72.6 Å². The van der Waals surface area contributed by atoms with E-state index >= 15 is 0 Å². The van der Waals surface area contributed by atoms with Gasteiger partial charge in [0.25, 0.3) is 0 Å². The van der Waals surface area contributed by atoms with Gasteiger partial charge < -0.3 is 16.1 Å². The van der Waals surface area contributed by atoms with E-state index in [-0.39, 0.29) is 0 Å². The summed E-state index contributed by atoms with van der Waals surface area (Å²) in [5.74, 6) is 0.836. The maximum atomic E-state index is 7.63. The molecule has 0 fully saturated rings. The molecular weight excluding hydrogens is 188 g/mol. The first-order valence-corrected chi connectivity index (χ1v) is 5.04. The maximum Gasteiger partial charge on any atom is 0.125 e. The molecule has 0 saturated carbocycles. The lowest BCUT2D eigenvalue weighted by Gasteiger charge is -2.04. The van der Waals surface area contributed by atoms with Crippen molar-refractivity contribution in [3.8, 4) is 0 Å². The van der Waals surface area contributed by atoms with Crippen molar-refractivity contribution in [2.45, 2.75) is 19.8 Å². The normalized spacial score (nSPS) is 9.67. The fourth-order valence-electron chi connectivity index (χ4n) is 1.15. The quantitative estimate of drug-likeness (QED) is 0.622. The molecule has 0 unspecified atom stereocenters. The van der Waals surface area contributed by atoms with Crippen molar-refractivity contribution in [3.63, 3.8) is 0 Å². The summed E-state index contributed by atoms with van der Waals surface area (Å²) in [6, 6.07) is 3.72. The third-order valence-electron chi connectivity index (χ3n) is 1.97. The standard InChI is InChI=1S/C11H16N4/c1-2-7-14-11-4-3-9(8-15-11)10(13)5-6-12/h3-4,6,8,12-13H,2,5,7H2,1H3,(H,14,15). The summed E-state index contributed by atoms with van der Waals surface area (Å²) in [4.78, 5) is 4.19. The van der Waals surface area contributed by atoms with Gasteiger partial charge in [-0.15, -0.1) is 0 Å². The third kappa shape index (κ3) is 3.50. The van der Waals surface area contributed by atoms with Crippen LogP contribution in [0.25, 0.3) is 0 Å². The van der Waals surface area contributed by atoms with Gasteiger partial charge in [0.15, 0.2) is 0 Å². The molecule has 0 radical (unpaired) electrons. The molecule has 0 aliphatic carbocycles. The van der Waals surface area contributed by atoms with Crippen molar-refractivity contribution < 1.29 is 0 Å². The van der Waals surface area contributed by atoms with E-state index in [0.717, 1.165) is 24.3 Å². The Morgan fingerprint density at radius 1 is 1.53 bits per heavy atom. The summed E-state index contributed by atoms with van der Waals surface area (Å²) in [6.07, 6.45) is 4.33. The van der Waals surface area contributed by atoms with Crippen molar-refractivity contribution in [1.29, 1.82) is 10.8 Å². The van der Waals surface area contributed by atoms with Crippen LogP contribution in [0.3, 0.4) is 0 Å². The molecule has 0 aromatic carbocycles. The van der Waals surface area contributed by atoms with E-state index in [4.69, 9.17) is 10.8 Å². The van der Waals surface area contributed by atoms with Gasteiger partial charge in [-0.2, -0.15) is 0 Å². The molecule has 15 heavy (non-hydrogen) atoms. The van der Waals surface area contributed by atoms with Crippen molar-refractivity contribution in [1.82, 2.24) is 4.98 Å². The van der Waals surface area contributed by atoms with E-state index in [2.05, 4.69) is 17.2 Å². The molecule has 80 valence electrons. The molecule has 0 saturated heterocycles. The third-order valence-corrected chi connectivity index (χ3v) is 1.97. The smallest absolute Gasteiger partial charge is 0.125 e. The van der Waals surface area contributed by atoms with E-state index in [9.17, 15) is 0 Å². The van der Waals surface area contributed by atoms with Crippen molar-refractivity contribution in [2.75, 3.05) is 11.9 Å². The van der Waals surface area contributed by atoms with Crippen molar-refractivity contribution in [3.05, 3.63) is 23.9 Å². The fraction of sp³-hybridized carbons (Fsp3) is 0.364. The van der Waals surface area contributed by atoms with Crippen LogP contribution in [0, 0.1) is 10.8 Å². The second-order valence-corrected chi connectivity index (χ2v) is 3.25. The Morgan fingerprint density at radius 2 is 2.33 bits per heavy atom. The predicted molar refractivity (Wildman–Crippen MR) is 63.2 cm³/mol. The van der Waals surface area contributed by atoms with Crippen LogP contribution in [-0.2, 0) is 0 Å². The monoisotopic (exact) mass is 204 g/mol. The summed E-state index contributed by atoms with van der Waals surface area (Å²) < 4.78 is 0. The van der Waals surface area contributed by atoms with E-state index in [1.165, 1.54) is 6.21 Å². The Hall–Kier alpha value is -1.71. The summed E-state index contributed by atoms with van der Waals surface area (Å²) in [7, 11) is 0. The highest BCUT2D eigenvalue weighted by Crippen LogP contribution is 2.06. The summed E-state index contributed by atoms with van der Waals surface area (Å²) >= 11 is 0. The van der Waals surface area contributed by atoms with E-state index in [1.54, 1.807) is 6.20 Å². The van der Waals surface area contributed by atoms with Crippen LogP contribution in [0.15, 0.2) is 18.3 Å². The molecular formula is C11H16N4. The highest BCUT2D eigenvalue weighted by Gasteiger charge is 2.00. The number of hydrogen-bond acceptors (Lipinski definition) is 4. The number of rotatable bonds is 6. The van der Waals surface area contributed by atoms with Crippen LogP contribution in [0.5, 0.6) is 0 Å². The Balaban J connectivity index is 2.63. The molecule has 0 amide bonds. The number of pyridine rings is 1. The molecule has 0 aliphatic rings. The first-order valence-electron chi connectivity index (χ1n) is 5.04. The Bertz CT molecular complexity index is 329. The second-order valence-electron chi connectivity index (χ2n) is 3.25. The minimum Gasteiger partial charge on any atom is -0.370 e. The Morgan fingerprint density at radius 3 is 2.87 bits per heavy atom. The number of nitrogens with zero attached hydrogens (tertiary/aromatic N) is 1. The summed E-state index contributed by atoms with van der Waals surface area (Å²) in [5, 5.41) is 17.7. The first-order chi connectivity index (χ1) is 7.27. The van der Waals surface area contributed by atoms with Gasteiger partial charge in [0.2, 0.25) is 0 Å². The van der Waals surface area contributed by atoms with Crippen LogP contribution in [0.1, 0.15) is 25.3 Å². The molecule has 0 bridgehead atoms. The molecule has 0 aliphatic heterocycles. The van der Waals surface area contributed by atoms with Crippen LogP contribution in [0.4, 0.5) is 5.82 Å². The van der Waals surface area contributed by atoms with E-state index in [1.807, 2.05) is 12.1 Å². The van der Waals surface area contributed by atoms with Gasteiger partial charge in [0.1, 0.15) is 5.82 Å². The molecule has 4 nitrogen and oxygen atoms in total. The van der Waals surface area contributed by atoms with Gasteiger partial charge in [-0.05, 0) is 18.6 Å². The Labute approximate surface area is 89.8 Å². The highest BCUT2D eigenvalue weighted by molar-refractivity contribution is 6.04. The molecule has 0 spiro atoms. The molecule has 1 aromatic rings. The van der Waals surface area contributed by atoms with E-state index < -0.39 is 0 Å². The molecule has 0 atom stereocenters. The average molecular weight is 204 g/mol. The van der Waals surface area contributed by atoms with Crippen LogP contribution in [-0.4, -0.2) is 23.5 Å². The lowest BCUT2D eigenvalue weighted by Crippen LogP contribution is -2.04. The zero-order valence-electron chi connectivity index (χ0n) is 8.88.